The second-order valence-corrected chi connectivity index (χ2v) is 9.86. The summed E-state index contributed by atoms with van der Waals surface area (Å²) in [4.78, 5) is 38.8. The van der Waals surface area contributed by atoms with Gasteiger partial charge in [-0.2, -0.15) is 0 Å². The van der Waals surface area contributed by atoms with Crippen LogP contribution in [0.3, 0.4) is 0 Å². The number of hydrogen-bond acceptors (Lipinski definition) is 4. The standard InChI is InChI=1S/C27H30N2O5/c1-27(25(31)32)12-6-7-13-29(27)24(30)17-14-18(15-17)28-26(33)34-16-23-21-10-4-2-8-19(21)20-9-3-5-11-22(20)23/h2-5,8-11,17-18,23H,6-7,12-16H2,1H3,(H,28,33)(H,31,32). The summed E-state index contributed by atoms with van der Waals surface area (Å²) in [5, 5.41) is 12.5. The summed E-state index contributed by atoms with van der Waals surface area (Å²) in [6.45, 7) is 2.36. The van der Waals surface area contributed by atoms with Crippen molar-refractivity contribution >= 4 is 18.0 Å². The normalized spacial score (nSPS) is 25.6. The van der Waals surface area contributed by atoms with Crippen molar-refractivity contribution in [3.8, 4) is 11.1 Å². The fraction of sp³-hybridized carbons (Fsp3) is 0.444. The molecule has 2 fully saturated rings. The van der Waals surface area contributed by atoms with Crippen LogP contribution in [0.25, 0.3) is 11.1 Å². The summed E-state index contributed by atoms with van der Waals surface area (Å²) in [5.74, 6) is -1.32. The van der Waals surface area contributed by atoms with Gasteiger partial charge in [0.15, 0.2) is 0 Å². The monoisotopic (exact) mass is 462 g/mol. The van der Waals surface area contributed by atoms with Crippen molar-refractivity contribution in [2.75, 3.05) is 13.2 Å². The molecule has 1 heterocycles. The molecule has 1 atom stereocenters. The highest BCUT2D eigenvalue weighted by molar-refractivity contribution is 5.88. The Bertz CT molecular complexity index is 1080. The molecule has 2 aromatic rings. The van der Waals surface area contributed by atoms with Crippen LogP contribution in [-0.2, 0) is 14.3 Å². The number of rotatable bonds is 5. The lowest BCUT2D eigenvalue weighted by Crippen LogP contribution is -2.61. The Kier molecular flexibility index (Phi) is 5.80. The quantitative estimate of drug-likeness (QED) is 0.696. The predicted octanol–water partition coefficient (Wildman–Crippen LogP) is 4.16. The zero-order chi connectivity index (χ0) is 23.9. The fourth-order valence-electron chi connectivity index (χ4n) is 5.66. The van der Waals surface area contributed by atoms with Crippen molar-refractivity contribution in [2.45, 2.75) is 56.5 Å². The molecule has 2 N–H and O–H groups in total. The fourth-order valence-corrected chi connectivity index (χ4v) is 5.66. The average Bonchev–Trinajstić information content (AvgIpc) is 3.13. The Morgan fingerprint density at radius 1 is 1.03 bits per heavy atom. The second-order valence-electron chi connectivity index (χ2n) is 9.86. The summed E-state index contributed by atoms with van der Waals surface area (Å²) in [7, 11) is 0. The number of amides is 2. The first kappa shape index (κ1) is 22.4. The molecule has 2 amide bonds. The number of carboxylic acids is 1. The highest BCUT2D eigenvalue weighted by Gasteiger charge is 2.48. The lowest BCUT2D eigenvalue weighted by atomic mass is 9.77. The maximum Gasteiger partial charge on any atom is 0.407 e. The molecule has 1 aliphatic heterocycles. The molecule has 1 unspecified atom stereocenters. The van der Waals surface area contributed by atoms with Gasteiger partial charge in [0.25, 0.3) is 0 Å². The first-order chi connectivity index (χ1) is 16.4. The minimum Gasteiger partial charge on any atom is -0.480 e. The Balaban J connectivity index is 1.14. The van der Waals surface area contributed by atoms with Gasteiger partial charge < -0.3 is 20.1 Å². The summed E-state index contributed by atoms with van der Waals surface area (Å²) < 4.78 is 5.60. The Hall–Kier alpha value is -3.35. The van der Waals surface area contributed by atoms with Gasteiger partial charge in [-0.1, -0.05) is 48.5 Å². The molecular formula is C27H30N2O5. The Morgan fingerprint density at radius 2 is 1.65 bits per heavy atom. The van der Waals surface area contributed by atoms with Crippen LogP contribution in [0.4, 0.5) is 4.79 Å². The number of fused-ring (bicyclic) bond motifs is 3. The third kappa shape index (κ3) is 3.83. The van der Waals surface area contributed by atoms with Gasteiger partial charge >= 0.3 is 12.1 Å². The molecule has 2 aliphatic carbocycles. The van der Waals surface area contributed by atoms with Crippen molar-refractivity contribution in [3.63, 3.8) is 0 Å². The van der Waals surface area contributed by atoms with Crippen LogP contribution in [0.15, 0.2) is 48.5 Å². The van der Waals surface area contributed by atoms with Crippen LogP contribution in [0.2, 0.25) is 0 Å². The van der Waals surface area contributed by atoms with Crippen molar-refractivity contribution in [1.82, 2.24) is 10.2 Å². The number of nitrogens with zero attached hydrogens (tertiary/aromatic N) is 1. The maximum absolute atomic E-state index is 13.0. The number of carboxylic acid groups (broad SMARTS) is 1. The van der Waals surface area contributed by atoms with E-state index in [2.05, 4.69) is 29.6 Å². The summed E-state index contributed by atoms with van der Waals surface area (Å²) in [6, 6.07) is 16.2. The summed E-state index contributed by atoms with van der Waals surface area (Å²) in [5.41, 5.74) is 3.54. The number of hydrogen-bond donors (Lipinski definition) is 2. The van der Waals surface area contributed by atoms with Crippen LogP contribution in [0, 0.1) is 5.92 Å². The number of benzene rings is 2. The van der Waals surface area contributed by atoms with E-state index in [-0.39, 0.29) is 30.4 Å². The number of likely N-dealkylation sites (tertiary alicyclic amines) is 1. The van der Waals surface area contributed by atoms with Gasteiger partial charge in [0.05, 0.1) is 0 Å². The van der Waals surface area contributed by atoms with E-state index in [1.54, 1.807) is 6.92 Å². The molecule has 2 aromatic carbocycles. The number of alkyl carbamates (subject to hydrolysis) is 1. The molecular weight excluding hydrogens is 432 g/mol. The predicted molar refractivity (Wildman–Crippen MR) is 126 cm³/mol. The van der Waals surface area contributed by atoms with E-state index in [9.17, 15) is 19.5 Å². The van der Waals surface area contributed by atoms with Crippen molar-refractivity contribution in [3.05, 3.63) is 59.7 Å². The molecule has 5 rings (SSSR count). The molecule has 0 aromatic heterocycles. The van der Waals surface area contributed by atoms with E-state index in [1.807, 2.05) is 24.3 Å². The molecule has 0 spiro atoms. The summed E-state index contributed by atoms with van der Waals surface area (Å²) in [6.07, 6.45) is 2.64. The zero-order valence-corrected chi connectivity index (χ0v) is 19.3. The smallest absolute Gasteiger partial charge is 0.407 e. The van der Waals surface area contributed by atoms with Gasteiger partial charge in [-0.25, -0.2) is 9.59 Å². The van der Waals surface area contributed by atoms with Gasteiger partial charge in [-0.05, 0) is 61.3 Å². The third-order valence-electron chi connectivity index (χ3n) is 7.77. The van der Waals surface area contributed by atoms with Crippen LogP contribution in [-0.4, -0.2) is 52.7 Å². The third-order valence-corrected chi connectivity index (χ3v) is 7.77. The minimum atomic E-state index is -1.14. The first-order valence-electron chi connectivity index (χ1n) is 12.0. The molecule has 34 heavy (non-hydrogen) atoms. The lowest BCUT2D eigenvalue weighted by molar-refractivity contribution is -0.164. The van der Waals surface area contributed by atoms with Gasteiger partial charge in [0, 0.05) is 24.4 Å². The molecule has 0 bridgehead atoms. The average molecular weight is 463 g/mol. The number of carbonyl (C=O) groups excluding carboxylic acids is 2. The molecule has 1 saturated heterocycles. The Morgan fingerprint density at radius 3 is 2.26 bits per heavy atom. The second kappa shape index (κ2) is 8.78. The molecule has 7 heteroatoms. The summed E-state index contributed by atoms with van der Waals surface area (Å²) >= 11 is 0. The largest absolute Gasteiger partial charge is 0.480 e. The van der Waals surface area contributed by atoms with E-state index in [0.29, 0.717) is 25.8 Å². The first-order valence-corrected chi connectivity index (χ1v) is 12.0. The zero-order valence-electron chi connectivity index (χ0n) is 19.3. The highest BCUT2D eigenvalue weighted by atomic mass is 16.5. The maximum atomic E-state index is 13.0. The van der Waals surface area contributed by atoms with Crippen LogP contribution >= 0.6 is 0 Å². The van der Waals surface area contributed by atoms with Crippen LogP contribution in [0.1, 0.15) is 56.1 Å². The van der Waals surface area contributed by atoms with Gasteiger partial charge in [-0.3, -0.25) is 4.79 Å². The number of nitrogens with one attached hydrogen (secondary N) is 1. The topological polar surface area (TPSA) is 95.9 Å². The molecule has 1 saturated carbocycles. The Labute approximate surface area is 199 Å². The molecule has 178 valence electrons. The number of aliphatic carboxylic acids is 1. The van der Waals surface area contributed by atoms with E-state index in [0.717, 1.165) is 24.0 Å². The van der Waals surface area contributed by atoms with E-state index < -0.39 is 17.6 Å². The van der Waals surface area contributed by atoms with Crippen molar-refractivity contribution in [2.24, 2.45) is 5.92 Å². The molecule has 3 aliphatic rings. The number of piperidine rings is 1. The van der Waals surface area contributed by atoms with E-state index in [4.69, 9.17) is 4.74 Å². The minimum absolute atomic E-state index is 0.00154. The SMILES string of the molecule is CC1(C(=O)O)CCCCN1C(=O)C1CC(NC(=O)OCC2c3ccccc3-c3ccccc32)C1. The molecule has 0 radical (unpaired) electrons. The van der Waals surface area contributed by atoms with Crippen LogP contribution < -0.4 is 5.32 Å². The van der Waals surface area contributed by atoms with Gasteiger partial charge in [0.1, 0.15) is 12.1 Å². The van der Waals surface area contributed by atoms with E-state index in [1.165, 1.54) is 16.0 Å². The molecule has 7 nitrogen and oxygen atoms in total. The van der Waals surface area contributed by atoms with Crippen molar-refractivity contribution in [1.29, 1.82) is 0 Å². The van der Waals surface area contributed by atoms with Crippen molar-refractivity contribution < 1.29 is 24.2 Å². The highest BCUT2D eigenvalue weighted by Crippen LogP contribution is 2.44. The number of ether oxygens (including phenoxy) is 1. The van der Waals surface area contributed by atoms with Crippen LogP contribution in [0.5, 0.6) is 0 Å². The van der Waals surface area contributed by atoms with E-state index >= 15 is 0 Å². The van der Waals surface area contributed by atoms with Gasteiger partial charge in [-0.15, -0.1) is 0 Å². The lowest BCUT2D eigenvalue weighted by Gasteiger charge is -2.46. The number of carbonyl (C=O) groups is 3. The van der Waals surface area contributed by atoms with Gasteiger partial charge in [0.2, 0.25) is 5.91 Å².